The van der Waals surface area contributed by atoms with Gasteiger partial charge in [0.05, 0.1) is 19.3 Å². The molecule has 0 aromatic rings. The second-order valence-electron chi connectivity index (χ2n) is 5.54. The van der Waals surface area contributed by atoms with E-state index in [4.69, 9.17) is 14.5 Å². The summed E-state index contributed by atoms with van der Waals surface area (Å²) in [6.45, 7) is -1.48. The Morgan fingerprint density at radius 3 is 2.46 bits per heavy atom. The van der Waals surface area contributed by atoms with Crippen molar-refractivity contribution < 1.29 is 57.2 Å². The lowest BCUT2D eigenvalue weighted by atomic mass is 9.99. The van der Waals surface area contributed by atoms with Gasteiger partial charge in [-0.2, -0.15) is 4.31 Å². The summed E-state index contributed by atoms with van der Waals surface area (Å²) < 4.78 is 35.5. The Labute approximate surface area is 146 Å². The van der Waals surface area contributed by atoms with Crippen LogP contribution in [0, 0.1) is 5.92 Å². The Hall–Kier alpha value is -0.920. The van der Waals surface area contributed by atoms with Gasteiger partial charge in [0, 0.05) is 18.9 Å². The van der Waals surface area contributed by atoms with Crippen LogP contribution in [-0.4, -0.2) is 79.9 Å². The first-order valence-corrected chi connectivity index (χ1v) is 10.2. The van der Waals surface area contributed by atoms with E-state index < -0.39 is 65.2 Å². The molecule has 1 unspecified atom stereocenters. The molecule has 0 spiro atoms. The lowest BCUT2D eigenvalue weighted by molar-refractivity contribution is -0.125. The smallest absolute Gasteiger partial charge is 0.396 e. The minimum absolute atomic E-state index is 0.0365. The molecule has 16 heteroatoms. The lowest BCUT2D eigenvalue weighted by Gasteiger charge is -2.33. The summed E-state index contributed by atoms with van der Waals surface area (Å²) in [6, 6.07) is -0.818. The summed E-state index contributed by atoms with van der Waals surface area (Å²) in [7, 11) is -10.4. The molecule has 150 valence electrons. The molecule has 5 atom stereocenters. The number of aliphatic hydroxyl groups excluding tert-OH is 2. The van der Waals surface area contributed by atoms with Crippen LogP contribution < -0.4 is 5.32 Å². The summed E-state index contributed by atoms with van der Waals surface area (Å²) in [5.74, 6) is -1.55. The van der Waals surface area contributed by atoms with Crippen LogP contribution in [0.5, 0.6) is 0 Å². The number of phosphoric ester groups is 1. The number of ether oxygens (including phenoxy) is 1. The van der Waals surface area contributed by atoms with Gasteiger partial charge in [0.15, 0.2) is 6.23 Å². The molecule has 2 heterocycles. The molecule has 2 aliphatic heterocycles. The molecule has 3 amide bonds. The zero-order chi connectivity index (χ0) is 19.7. The Morgan fingerprint density at radius 2 is 1.92 bits per heavy atom. The van der Waals surface area contributed by atoms with Gasteiger partial charge in [0.25, 0.3) is 0 Å². The van der Waals surface area contributed by atoms with Gasteiger partial charge in [-0.25, -0.2) is 13.9 Å². The lowest BCUT2D eigenvalue weighted by Crippen LogP contribution is -2.56. The Bertz CT molecular complexity index is 652. The number of carbonyl (C=O) groups excluding carboxylic acids is 2. The van der Waals surface area contributed by atoms with Crippen molar-refractivity contribution in [3.05, 3.63) is 0 Å². The van der Waals surface area contributed by atoms with Crippen molar-refractivity contribution in [1.82, 2.24) is 10.2 Å². The van der Waals surface area contributed by atoms with Crippen molar-refractivity contribution in [1.29, 1.82) is 0 Å². The van der Waals surface area contributed by atoms with E-state index in [1.54, 1.807) is 0 Å². The van der Waals surface area contributed by atoms with Crippen LogP contribution in [0.25, 0.3) is 0 Å². The van der Waals surface area contributed by atoms with Gasteiger partial charge in [-0.3, -0.25) is 19.5 Å². The fraction of sp³-hybridized carbons (Fsp3) is 0.800. The average Bonchev–Trinajstić information content (AvgIpc) is 2.79. The number of amides is 3. The average molecular weight is 420 g/mol. The normalized spacial score (nSPS) is 32.4. The third-order valence-corrected chi connectivity index (χ3v) is 5.89. The molecule has 2 saturated heterocycles. The number of hydrogen-bond acceptors (Lipinski definition) is 9. The summed E-state index contributed by atoms with van der Waals surface area (Å²) >= 11 is 0. The molecule has 14 nitrogen and oxygen atoms in total. The maximum absolute atomic E-state index is 11.8. The maximum atomic E-state index is 11.8. The molecule has 0 aromatic heterocycles. The number of urea groups is 1. The number of imide groups is 1. The molecule has 0 aromatic carbocycles. The third-order valence-electron chi connectivity index (χ3n) is 3.74. The molecular formula is C10H18N2O12P2. The van der Waals surface area contributed by atoms with E-state index in [0.717, 1.165) is 4.90 Å². The van der Waals surface area contributed by atoms with Crippen LogP contribution in [0.1, 0.15) is 6.42 Å². The molecule has 0 bridgehead atoms. The van der Waals surface area contributed by atoms with Crippen molar-refractivity contribution >= 4 is 27.6 Å². The molecule has 6 N–H and O–H groups in total. The largest absolute Gasteiger partial charge is 0.481 e. The van der Waals surface area contributed by atoms with Crippen LogP contribution in [-0.2, 0) is 27.5 Å². The zero-order valence-corrected chi connectivity index (χ0v) is 14.9. The predicted molar refractivity (Wildman–Crippen MR) is 79.0 cm³/mol. The second kappa shape index (κ2) is 7.98. The second-order valence-corrected chi connectivity index (χ2v) is 8.37. The number of aliphatic hydroxyl groups is 2. The third kappa shape index (κ3) is 5.30. The molecule has 0 radical (unpaired) electrons. The van der Waals surface area contributed by atoms with Crippen LogP contribution in [0.2, 0.25) is 0 Å². The molecule has 0 aliphatic carbocycles. The number of nitrogens with zero attached hydrogens (tertiary/aromatic N) is 1. The summed E-state index contributed by atoms with van der Waals surface area (Å²) in [4.78, 5) is 50.3. The van der Waals surface area contributed by atoms with Crippen molar-refractivity contribution in [3.8, 4) is 0 Å². The van der Waals surface area contributed by atoms with Gasteiger partial charge < -0.3 is 29.6 Å². The van der Waals surface area contributed by atoms with E-state index in [0.29, 0.717) is 0 Å². The Kier molecular flexibility index (Phi) is 6.57. The highest BCUT2D eigenvalue weighted by Gasteiger charge is 2.49. The Balaban J connectivity index is 2.03. The van der Waals surface area contributed by atoms with E-state index in [-0.39, 0.29) is 13.0 Å². The topological polar surface area (TPSA) is 212 Å². The van der Waals surface area contributed by atoms with E-state index in [1.165, 1.54) is 0 Å². The summed E-state index contributed by atoms with van der Waals surface area (Å²) in [5.41, 5.74) is 0. The monoisotopic (exact) mass is 420 g/mol. The first-order chi connectivity index (χ1) is 11.9. The molecule has 2 aliphatic rings. The number of rotatable bonds is 7. The van der Waals surface area contributed by atoms with E-state index in [1.807, 2.05) is 5.32 Å². The number of phosphoric acid groups is 2. The molecule has 2 rings (SSSR count). The van der Waals surface area contributed by atoms with Crippen LogP contribution in [0.4, 0.5) is 4.79 Å². The number of nitrogens with one attached hydrogen (secondary N) is 1. The van der Waals surface area contributed by atoms with Gasteiger partial charge >= 0.3 is 21.7 Å². The van der Waals surface area contributed by atoms with Crippen molar-refractivity contribution in [2.75, 3.05) is 19.8 Å². The standard InChI is InChI=1S/C10H18N2O12P2/c13-3-5-6(4-22-26(20,21)24-25(17,18)19)23-9(8(5)15)12-2-1-7(14)11-10(12)16/h5-6,8-9,13,15H,1-4H2,(H,20,21)(H,11,14,16)(H2,17,18,19)/t5-,6-,8-,9-/m1/s1. The minimum Gasteiger partial charge on any atom is -0.396 e. The zero-order valence-electron chi connectivity index (χ0n) is 13.1. The van der Waals surface area contributed by atoms with Crippen molar-refractivity contribution in [2.45, 2.75) is 24.9 Å². The van der Waals surface area contributed by atoms with Crippen molar-refractivity contribution in [3.63, 3.8) is 0 Å². The molecular weight excluding hydrogens is 402 g/mol. The quantitative estimate of drug-likeness (QED) is 0.243. The van der Waals surface area contributed by atoms with Crippen LogP contribution >= 0.6 is 15.6 Å². The highest BCUT2D eigenvalue weighted by Crippen LogP contribution is 2.57. The van der Waals surface area contributed by atoms with E-state index in [9.17, 15) is 33.8 Å². The van der Waals surface area contributed by atoms with Gasteiger partial charge in [0.1, 0.15) is 6.10 Å². The minimum atomic E-state index is -5.30. The summed E-state index contributed by atoms with van der Waals surface area (Å²) in [6.07, 6.45) is -3.92. The molecule has 0 saturated carbocycles. The van der Waals surface area contributed by atoms with E-state index in [2.05, 4.69) is 8.83 Å². The predicted octanol–water partition coefficient (Wildman–Crippen LogP) is -2.15. The highest BCUT2D eigenvalue weighted by molar-refractivity contribution is 7.60. The van der Waals surface area contributed by atoms with Gasteiger partial charge in [0.2, 0.25) is 5.91 Å². The number of carbonyl (C=O) groups is 2. The fourth-order valence-electron chi connectivity index (χ4n) is 2.58. The van der Waals surface area contributed by atoms with Crippen LogP contribution in [0.3, 0.4) is 0 Å². The first kappa shape index (κ1) is 21.4. The fourth-order valence-corrected chi connectivity index (χ4v) is 4.18. The van der Waals surface area contributed by atoms with E-state index >= 15 is 0 Å². The van der Waals surface area contributed by atoms with Crippen molar-refractivity contribution in [2.24, 2.45) is 5.92 Å². The number of hydrogen-bond donors (Lipinski definition) is 6. The molecule has 2 fully saturated rings. The van der Waals surface area contributed by atoms with Gasteiger partial charge in [-0.05, 0) is 0 Å². The maximum Gasteiger partial charge on any atom is 0.481 e. The highest BCUT2D eigenvalue weighted by atomic mass is 31.3. The summed E-state index contributed by atoms with van der Waals surface area (Å²) in [5, 5.41) is 21.7. The molecule has 26 heavy (non-hydrogen) atoms. The van der Waals surface area contributed by atoms with Gasteiger partial charge in [-0.15, -0.1) is 0 Å². The Morgan fingerprint density at radius 1 is 1.27 bits per heavy atom. The SMILES string of the molecule is O=C1CCN([C@@H]2O[C@H](COP(=O)(O)OP(=O)(O)O)[C@@H](CO)[C@H]2O)C(=O)N1. The first-order valence-electron chi connectivity index (χ1n) is 7.22. The van der Waals surface area contributed by atoms with Crippen LogP contribution in [0.15, 0.2) is 0 Å². The van der Waals surface area contributed by atoms with Gasteiger partial charge in [-0.1, -0.05) is 0 Å².